The van der Waals surface area contributed by atoms with Crippen molar-refractivity contribution >= 4 is 37.2 Å². The monoisotopic (exact) mass is 494 g/mol. The van der Waals surface area contributed by atoms with Crippen LogP contribution in [0.5, 0.6) is 11.6 Å². The third-order valence-electron chi connectivity index (χ3n) is 5.33. The Hall–Kier alpha value is -3.89. The number of benzene rings is 2. The SMILES string of the molecule is Cc1ccc(C(=O)c2c(O)c(O)n(-c3nc4ccc(S(C)(=O)=O)cc4s3)c2-c2ccccc2)o1. The highest BCUT2D eigenvalue weighted by molar-refractivity contribution is 7.90. The first-order valence-corrected chi connectivity index (χ1v) is 12.8. The standard InChI is InChI=1S/C24H18N2O6S2/c1-13-8-11-17(32-13)21(27)19-20(14-6-4-3-5-7-14)26(23(29)22(19)28)24-25-16-10-9-15(34(2,30)31)12-18(16)33-24/h3-12,28-29H,1-2H3. The Morgan fingerprint density at radius 3 is 2.44 bits per heavy atom. The van der Waals surface area contributed by atoms with Gasteiger partial charge in [-0.3, -0.25) is 9.36 Å². The van der Waals surface area contributed by atoms with Gasteiger partial charge in [-0.1, -0.05) is 41.7 Å². The molecule has 172 valence electrons. The van der Waals surface area contributed by atoms with Crippen LogP contribution in [0, 0.1) is 6.92 Å². The summed E-state index contributed by atoms with van der Waals surface area (Å²) in [5, 5.41) is 22.0. The van der Waals surface area contributed by atoms with Crippen molar-refractivity contribution in [2.75, 3.05) is 6.26 Å². The Kier molecular flexibility index (Phi) is 5.07. The molecule has 0 amide bonds. The second kappa shape index (κ2) is 7.86. The molecule has 2 aromatic carbocycles. The van der Waals surface area contributed by atoms with E-state index in [1.54, 1.807) is 49.4 Å². The molecule has 5 aromatic rings. The normalized spacial score (nSPS) is 11.8. The van der Waals surface area contributed by atoms with Crippen LogP contribution in [0.25, 0.3) is 26.6 Å². The molecule has 0 atom stereocenters. The summed E-state index contributed by atoms with van der Waals surface area (Å²) in [6.45, 7) is 1.70. The number of thiazole rings is 1. The maximum atomic E-state index is 13.3. The van der Waals surface area contributed by atoms with Gasteiger partial charge >= 0.3 is 0 Å². The molecule has 3 aromatic heterocycles. The van der Waals surface area contributed by atoms with Gasteiger partial charge in [-0.15, -0.1) is 0 Å². The zero-order valence-electron chi connectivity index (χ0n) is 18.0. The van der Waals surface area contributed by atoms with Crippen molar-refractivity contribution in [1.29, 1.82) is 0 Å². The molecule has 0 aliphatic heterocycles. The van der Waals surface area contributed by atoms with Gasteiger partial charge in [0.1, 0.15) is 5.76 Å². The van der Waals surface area contributed by atoms with Gasteiger partial charge in [-0.2, -0.15) is 0 Å². The highest BCUT2D eigenvalue weighted by atomic mass is 32.2. The van der Waals surface area contributed by atoms with Crippen molar-refractivity contribution in [1.82, 2.24) is 9.55 Å². The lowest BCUT2D eigenvalue weighted by Crippen LogP contribution is -2.04. The topological polar surface area (TPSA) is 123 Å². The smallest absolute Gasteiger partial charge is 0.242 e. The number of sulfone groups is 1. The first-order chi connectivity index (χ1) is 16.1. The Morgan fingerprint density at radius 1 is 1.06 bits per heavy atom. The van der Waals surface area contributed by atoms with E-state index < -0.39 is 27.2 Å². The number of nitrogens with zero attached hydrogens (tertiary/aromatic N) is 2. The van der Waals surface area contributed by atoms with Crippen LogP contribution < -0.4 is 0 Å². The average molecular weight is 495 g/mol. The molecular weight excluding hydrogens is 476 g/mol. The summed E-state index contributed by atoms with van der Waals surface area (Å²) in [5.41, 5.74) is 1.17. The molecule has 34 heavy (non-hydrogen) atoms. The lowest BCUT2D eigenvalue weighted by atomic mass is 10.0. The van der Waals surface area contributed by atoms with E-state index in [1.165, 1.54) is 22.8 Å². The highest BCUT2D eigenvalue weighted by Gasteiger charge is 2.32. The molecule has 0 spiro atoms. The van der Waals surface area contributed by atoms with E-state index in [4.69, 9.17) is 4.42 Å². The zero-order valence-corrected chi connectivity index (χ0v) is 19.6. The molecule has 5 rings (SSSR count). The third kappa shape index (κ3) is 3.57. The van der Waals surface area contributed by atoms with E-state index in [2.05, 4.69) is 4.98 Å². The second-order valence-corrected chi connectivity index (χ2v) is 10.8. The van der Waals surface area contributed by atoms with E-state index in [1.807, 2.05) is 0 Å². The van der Waals surface area contributed by atoms with Gasteiger partial charge in [0.2, 0.25) is 11.7 Å². The van der Waals surface area contributed by atoms with Gasteiger partial charge < -0.3 is 14.6 Å². The van der Waals surface area contributed by atoms with E-state index >= 15 is 0 Å². The van der Waals surface area contributed by atoms with Crippen LogP contribution in [0.15, 0.2) is 70.0 Å². The summed E-state index contributed by atoms with van der Waals surface area (Å²) in [4.78, 5) is 18.0. The minimum Gasteiger partial charge on any atom is -0.503 e. The molecule has 0 saturated heterocycles. The van der Waals surface area contributed by atoms with Crippen molar-refractivity contribution < 1.29 is 27.8 Å². The number of fused-ring (bicyclic) bond motifs is 1. The lowest BCUT2D eigenvalue weighted by Gasteiger charge is -2.08. The minimum atomic E-state index is -3.42. The van der Waals surface area contributed by atoms with Gasteiger partial charge in [-0.25, -0.2) is 13.4 Å². The van der Waals surface area contributed by atoms with E-state index in [0.29, 0.717) is 21.5 Å². The molecule has 0 aliphatic carbocycles. The van der Waals surface area contributed by atoms with E-state index in [0.717, 1.165) is 17.6 Å². The van der Waals surface area contributed by atoms with Gasteiger partial charge in [0.05, 0.1) is 26.4 Å². The molecule has 0 aliphatic rings. The molecular formula is C24H18N2O6S2. The number of aromatic hydroxyl groups is 2. The number of carbonyl (C=O) groups excluding carboxylic acids is 1. The van der Waals surface area contributed by atoms with Gasteiger partial charge in [0.25, 0.3) is 0 Å². The number of hydrogen-bond acceptors (Lipinski definition) is 8. The molecule has 2 N–H and O–H groups in total. The summed E-state index contributed by atoms with van der Waals surface area (Å²) in [6, 6.07) is 16.5. The van der Waals surface area contributed by atoms with Crippen LogP contribution in [-0.4, -0.2) is 40.2 Å². The van der Waals surface area contributed by atoms with Gasteiger partial charge in [-0.05, 0) is 42.8 Å². The molecule has 0 unspecified atom stereocenters. The lowest BCUT2D eigenvalue weighted by molar-refractivity contribution is 0.101. The van der Waals surface area contributed by atoms with Crippen molar-refractivity contribution in [2.24, 2.45) is 0 Å². The number of furan rings is 1. The van der Waals surface area contributed by atoms with Crippen LogP contribution in [0.4, 0.5) is 0 Å². The summed E-state index contributed by atoms with van der Waals surface area (Å²) < 4.78 is 31.3. The van der Waals surface area contributed by atoms with Crippen LogP contribution in [-0.2, 0) is 9.84 Å². The predicted octanol–water partition coefficient (Wildman–Crippen LogP) is 4.70. The summed E-state index contributed by atoms with van der Waals surface area (Å²) >= 11 is 1.12. The second-order valence-electron chi connectivity index (χ2n) is 7.73. The van der Waals surface area contributed by atoms with Crippen LogP contribution in [0.2, 0.25) is 0 Å². The van der Waals surface area contributed by atoms with Crippen molar-refractivity contribution in [3.63, 3.8) is 0 Å². The zero-order chi connectivity index (χ0) is 24.2. The van der Waals surface area contributed by atoms with E-state index in [9.17, 15) is 23.4 Å². The molecule has 0 saturated carbocycles. The minimum absolute atomic E-state index is 0.0178. The largest absolute Gasteiger partial charge is 0.503 e. The van der Waals surface area contributed by atoms with E-state index in [-0.39, 0.29) is 27.0 Å². The molecule has 0 radical (unpaired) electrons. The van der Waals surface area contributed by atoms with Gasteiger partial charge in [0.15, 0.2) is 26.5 Å². The van der Waals surface area contributed by atoms with Crippen LogP contribution in [0.3, 0.4) is 0 Å². The van der Waals surface area contributed by atoms with Crippen LogP contribution >= 0.6 is 11.3 Å². The summed E-state index contributed by atoms with van der Waals surface area (Å²) in [5.74, 6) is -1.22. The van der Waals surface area contributed by atoms with Crippen molar-refractivity contribution in [2.45, 2.75) is 11.8 Å². The quantitative estimate of drug-likeness (QED) is 0.340. The number of hydrogen-bond donors (Lipinski definition) is 2. The maximum Gasteiger partial charge on any atom is 0.242 e. The Labute approximate surface area is 198 Å². The first-order valence-electron chi connectivity index (χ1n) is 10.1. The molecule has 3 heterocycles. The third-order valence-corrected chi connectivity index (χ3v) is 7.44. The summed E-state index contributed by atoms with van der Waals surface area (Å²) in [7, 11) is -3.42. The molecule has 8 nitrogen and oxygen atoms in total. The number of aromatic nitrogens is 2. The number of rotatable bonds is 5. The molecule has 0 bridgehead atoms. The highest BCUT2D eigenvalue weighted by Crippen LogP contribution is 2.45. The average Bonchev–Trinajstić information content (AvgIpc) is 3.49. The number of aryl methyl sites for hydroxylation is 1. The van der Waals surface area contributed by atoms with Crippen LogP contribution in [0.1, 0.15) is 21.9 Å². The van der Waals surface area contributed by atoms with Crippen molar-refractivity contribution in [3.8, 4) is 28.0 Å². The molecule has 0 fully saturated rings. The fourth-order valence-electron chi connectivity index (χ4n) is 3.72. The predicted molar refractivity (Wildman–Crippen MR) is 128 cm³/mol. The Morgan fingerprint density at radius 2 is 1.79 bits per heavy atom. The number of carbonyl (C=O) groups is 1. The molecule has 10 heteroatoms. The Bertz CT molecular complexity index is 1680. The maximum absolute atomic E-state index is 13.3. The number of ketones is 1. The fraction of sp³-hybridized carbons (Fsp3) is 0.0833. The summed E-state index contributed by atoms with van der Waals surface area (Å²) in [6.07, 6.45) is 1.12. The van der Waals surface area contributed by atoms with Gasteiger partial charge in [0, 0.05) is 6.26 Å². The Balaban J connectivity index is 1.79. The van der Waals surface area contributed by atoms with Crippen molar-refractivity contribution in [3.05, 3.63) is 77.7 Å². The fourth-order valence-corrected chi connectivity index (χ4v) is 5.45. The first kappa shape index (κ1) is 21.9.